The zero-order chi connectivity index (χ0) is 13.8. The van der Waals surface area contributed by atoms with Crippen LogP contribution >= 0.6 is 11.6 Å². The van der Waals surface area contributed by atoms with Gasteiger partial charge in [-0.3, -0.25) is 0 Å². The number of hydrogen-bond acceptors (Lipinski definition) is 4. The van der Waals surface area contributed by atoms with Gasteiger partial charge in [0, 0.05) is 12.0 Å². The fraction of sp³-hybridized carbons (Fsp3) is 0.286. The Morgan fingerprint density at radius 3 is 2.63 bits per heavy atom. The van der Waals surface area contributed by atoms with Crippen LogP contribution in [0.1, 0.15) is 11.3 Å². The van der Waals surface area contributed by atoms with Gasteiger partial charge in [-0.15, -0.1) is 0 Å². The zero-order valence-corrected chi connectivity index (χ0v) is 11.7. The molecule has 1 heterocycles. The van der Waals surface area contributed by atoms with E-state index in [0.29, 0.717) is 17.3 Å². The highest BCUT2D eigenvalue weighted by molar-refractivity contribution is 6.32. The summed E-state index contributed by atoms with van der Waals surface area (Å²) in [7, 11) is 1.60. The molecular weight excluding hydrogens is 262 g/mol. The first kappa shape index (κ1) is 13.8. The monoisotopic (exact) mass is 277 g/mol. The molecule has 0 atom stereocenters. The number of aryl methyl sites for hydroxylation is 1. The number of nitrogens with two attached hydrogens (primary N) is 1. The van der Waals surface area contributed by atoms with Crippen LogP contribution in [0.2, 0.25) is 5.02 Å². The van der Waals surface area contributed by atoms with Crippen LogP contribution in [0.4, 0.5) is 0 Å². The van der Waals surface area contributed by atoms with Gasteiger partial charge in [-0.1, -0.05) is 11.6 Å². The molecule has 0 saturated carbocycles. The van der Waals surface area contributed by atoms with Crippen molar-refractivity contribution in [1.82, 2.24) is 10.2 Å². The molecule has 2 N–H and O–H groups in total. The van der Waals surface area contributed by atoms with E-state index in [9.17, 15) is 0 Å². The Bertz CT molecular complexity index is 570. The lowest BCUT2D eigenvalue weighted by molar-refractivity contribution is 0.415. The van der Waals surface area contributed by atoms with Gasteiger partial charge >= 0.3 is 0 Å². The minimum atomic E-state index is 0.566. The molecule has 0 fully saturated rings. The Kier molecular flexibility index (Phi) is 4.35. The lowest BCUT2D eigenvalue weighted by atomic mass is 10.0. The van der Waals surface area contributed by atoms with Gasteiger partial charge in [0.15, 0.2) is 0 Å². The average molecular weight is 278 g/mol. The average Bonchev–Trinajstić information content (AvgIpc) is 2.42. The Hall–Kier alpha value is -1.65. The van der Waals surface area contributed by atoms with E-state index < -0.39 is 0 Å². The van der Waals surface area contributed by atoms with Crippen molar-refractivity contribution in [2.24, 2.45) is 5.73 Å². The van der Waals surface area contributed by atoms with Crippen molar-refractivity contribution in [2.75, 3.05) is 13.7 Å². The number of methoxy groups -OCH3 is 1. The first-order chi connectivity index (χ1) is 9.15. The van der Waals surface area contributed by atoms with Crippen molar-refractivity contribution in [1.29, 1.82) is 0 Å². The summed E-state index contributed by atoms with van der Waals surface area (Å²) >= 11 is 6.14. The van der Waals surface area contributed by atoms with E-state index in [1.165, 1.54) is 0 Å². The maximum absolute atomic E-state index is 6.14. The largest absolute Gasteiger partial charge is 0.495 e. The highest BCUT2D eigenvalue weighted by Gasteiger charge is 2.09. The van der Waals surface area contributed by atoms with Crippen LogP contribution in [0.5, 0.6) is 5.75 Å². The molecule has 0 radical (unpaired) electrons. The summed E-state index contributed by atoms with van der Waals surface area (Å²) in [6.45, 7) is 2.56. The van der Waals surface area contributed by atoms with Crippen LogP contribution in [0.3, 0.4) is 0 Å². The molecule has 5 heteroatoms. The third-order valence-corrected chi connectivity index (χ3v) is 3.19. The maximum Gasteiger partial charge on any atom is 0.137 e. The fourth-order valence-electron chi connectivity index (χ4n) is 1.87. The van der Waals surface area contributed by atoms with Gasteiger partial charge in [-0.2, -0.15) is 10.2 Å². The second-order valence-electron chi connectivity index (χ2n) is 4.25. The molecule has 0 aliphatic rings. The molecule has 2 rings (SSSR count). The van der Waals surface area contributed by atoms with Crippen molar-refractivity contribution in [2.45, 2.75) is 13.3 Å². The minimum absolute atomic E-state index is 0.566. The Morgan fingerprint density at radius 1 is 1.26 bits per heavy atom. The molecule has 0 saturated heterocycles. The topological polar surface area (TPSA) is 61.0 Å². The van der Waals surface area contributed by atoms with Gasteiger partial charge in [0.2, 0.25) is 0 Å². The van der Waals surface area contributed by atoms with E-state index in [0.717, 1.165) is 28.9 Å². The zero-order valence-electron chi connectivity index (χ0n) is 11.0. The van der Waals surface area contributed by atoms with Crippen molar-refractivity contribution < 1.29 is 4.74 Å². The van der Waals surface area contributed by atoms with Crippen LogP contribution in [-0.2, 0) is 6.42 Å². The molecule has 0 amide bonds. The SMILES string of the molecule is COc1cc(C)c(-c2ccc(CCN)nn2)cc1Cl. The molecule has 1 aromatic heterocycles. The third-order valence-electron chi connectivity index (χ3n) is 2.90. The van der Waals surface area contributed by atoms with Gasteiger partial charge in [-0.25, -0.2) is 0 Å². The smallest absolute Gasteiger partial charge is 0.137 e. The van der Waals surface area contributed by atoms with E-state index >= 15 is 0 Å². The molecule has 19 heavy (non-hydrogen) atoms. The molecule has 0 aliphatic carbocycles. The molecule has 0 unspecified atom stereocenters. The highest BCUT2D eigenvalue weighted by Crippen LogP contribution is 2.32. The summed E-state index contributed by atoms with van der Waals surface area (Å²) in [5.41, 5.74) is 9.17. The number of halogens is 1. The van der Waals surface area contributed by atoms with E-state index in [2.05, 4.69) is 10.2 Å². The quantitative estimate of drug-likeness (QED) is 0.933. The lowest BCUT2D eigenvalue weighted by Crippen LogP contribution is -2.05. The van der Waals surface area contributed by atoms with Gasteiger partial charge in [0.25, 0.3) is 0 Å². The number of benzene rings is 1. The number of aromatic nitrogens is 2. The molecule has 4 nitrogen and oxygen atoms in total. The lowest BCUT2D eigenvalue weighted by Gasteiger charge is -2.09. The van der Waals surface area contributed by atoms with E-state index in [4.69, 9.17) is 22.1 Å². The van der Waals surface area contributed by atoms with E-state index in [1.807, 2.05) is 31.2 Å². The number of nitrogens with zero attached hydrogens (tertiary/aromatic N) is 2. The molecule has 0 spiro atoms. The van der Waals surface area contributed by atoms with E-state index in [1.54, 1.807) is 7.11 Å². The predicted molar refractivity (Wildman–Crippen MR) is 76.5 cm³/mol. The summed E-state index contributed by atoms with van der Waals surface area (Å²) < 4.78 is 5.19. The summed E-state index contributed by atoms with van der Waals surface area (Å²) in [4.78, 5) is 0. The van der Waals surface area contributed by atoms with Gasteiger partial charge in [0.1, 0.15) is 5.75 Å². The van der Waals surface area contributed by atoms with Crippen molar-refractivity contribution in [3.63, 3.8) is 0 Å². The van der Waals surface area contributed by atoms with Crippen molar-refractivity contribution >= 4 is 11.6 Å². The van der Waals surface area contributed by atoms with Crippen LogP contribution in [0.25, 0.3) is 11.3 Å². The van der Waals surface area contributed by atoms with Crippen molar-refractivity contribution in [3.8, 4) is 17.0 Å². The van der Waals surface area contributed by atoms with E-state index in [-0.39, 0.29) is 0 Å². The van der Waals surface area contributed by atoms with Gasteiger partial charge in [-0.05, 0) is 43.3 Å². The second-order valence-corrected chi connectivity index (χ2v) is 4.66. The summed E-state index contributed by atoms with van der Waals surface area (Å²) in [5, 5.41) is 8.94. The molecular formula is C14H16ClN3O. The molecule has 2 aromatic rings. The Morgan fingerprint density at radius 2 is 2.05 bits per heavy atom. The first-order valence-corrected chi connectivity index (χ1v) is 6.40. The first-order valence-electron chi connectivity index (χ1n) is 6.03. The van der Waals surface area contributed by atoms with Crippen LogP contribution in [0, 0.1) is 6.92 Å². The predicted octanol–water partition coefficient (Wildman–Crippen LogP) is 2.62. The summed E-state index contributed by atoms with van der Waals surface area (Å²) in [5.74, 6) is 0.663. The van der Waals surface area contributed by atoms with Crippen molar-refractivity contribution in [3.05, 3.63) is 40.5 Å². The molecule has 0 bridgehead atoms. The highest BCUT2D eigenvalue weighted by atomic mass is 35.5. The van der Waals surface area contributed by atoms with Crippen LogP contribution < -0.4 is 10.5 Å². The number of ether oxygens (including phenoxy) is 1. The summed E-state index contributed by atoms with van der Waals surface area (Å²) in [6, 6.07) is 7.62. The Labute approximate surface area is 117 Å². The Balaban J connectivity index is 2.38. The number of hydrogen-bond donors (Lipinski definition) is 1. The second kappa shape index (κ2) is 5.99. The number of rotatable bonds is 4. The minimum Gasteiger partial charge on any atom is -0.495 e. The summed E-state index contributed by atoms with van der Waals surface area (Å²) in [6.07, 6.45) is 0.732. The molecule has 0 aliphatic heterocycles. The standard InChI is InChI=1S/C14H16ClN3O/c1-9-7-14(19-2)12(15)8-11(9)13-4-3-10(5-6-16)17-18-13/h3-4,7-8H,5-6,16H2,1-2H3. The maximum atomic E-state index is 6.14. The van der Waals surface area contributed by atoms with Crippen LogP contribution in [-0.4, -0.2) is 23.9 Å². The third kappa shape index (κ3) is 3.03. The van der Waals surface area contributed by atoms with Crippen LogP contribution in [0.15, 0.2) is 24.3 Å². The fourth-order valence-corrected chi connectivity index (χ4v) is 2.11. The normalized spacial score (nSPS) is 10.5. The van der Waals surface area contributed by atoms with Gasteiger partial charge < -0.3 is 10.5 Å². The molecule has 1 aromatic carbocycles. The van der Waals surface area contributed by atoms with Gasteiger partial charge in [0.05, 0.1) is 23.5 Å². The molecule has 100 valence electrons.